The second-order valence-electron chi connectivity index (χ2n) is 8.43. The average molecular weight is 590 g/mol. The number of nitrogens with one attached hydrogen (secondary N) is 3. The van der Waals surface area contributed by atoms with Crippen molar-refractivity contribution in [3.63, 3.8) is 0 Å². The number of anilines is 2. The zero-order chi connectivity index (χ0) is 30.8. The Bertz CT molecular complexity index is 1730. The van der Waals surface area contributed by atoms with Gasteiger partial charge in [-0.05, 0) is 30.3 Å². The van der Waals surface area contributed by atoms with E-state index < -0.39 is 35.2 Å². The number of aromatic amines is 1. The molecule has 0 unspecified atom stereocenters. The van der Waals surface area contributed by atoms with Gasteiger partial charge in [-0.2, -0.15) is 17.9 Å². The van der Waals surface area contributed by atoms with Crippen LogP contribution in [0, 0.1) is 11.2 Å². The molecule has 0 fully saturated rings. The van der Waals surface area contributed by atoms with Crippen LogP contribution in [-0.4, -0.2) is 51.9 Å². The lowest BCUT2D eigenvalue weighted by Crippen LogP contribution is -2.29. The van der Waals surface area contributed by atoms with E-state index in [1.807, 2.05) is 0 Å². The van der Waals surface area contributed by atoms with Crippen molar-refractivity contribution in [3.8, 4) is 34.5 Å². The van der Waals surface area contributed by atoms with Crippen molar-refractivity contribution < 1.29 is 36.6 Å². The Labute approximate surface area is 233 Å². The second-order valence-corrected chi connectivity index (χ2v) is 8.43. The number of amidine groups is 1. The zero-order valence-electron chi connectivity index (χ0n) is 21.8. The molecule has 0 bridgehead atoms. The van der Waals surface area contributed by atoms with Gasteiger partial charge in [0, 0.05) is 30.1 Å². The van der Waals surface area contributed by atoms with E-state index >= 15 is 4.39 Å². The number of alkyl halides is 3. The summed E-state index contributed by atoms with van der Waals surface area (Å²) in [7, 11) is 2.48. The number of H-pyrrole nitrogens is 1. The average Bonchev–Trinajstić information content (AvgIpc) is 3.32. The highest BCUT2D eigenvalue weighted by Gasteiger charge is 2.41. The van der Waals surface area contributed by atoms with E-state index in [1.54, 1.807) is 6.07 Å². The first-order valence-corrected chi connectivity index (χ1v) is 11.7. The fourth-order valence-electron chi connectivity index (χ4n) is 3.83. The van der Waals surface area contributed by atoms with Gasteiger partial charge in [-0.3, -0.25) is 10.4 Å². The first-order valence-electron chi connectivity index (χ1n) is 11.7. The number of hydrogen-bond acceptors (Lipinski definition) is 10. The van der Waals surface area contributed by atoms with E-state index in [1.165, 1.54) is 38.6 Å². The van der Waals surface area contributed by atoms with Crippen LogP contribution in [0.15, 0.2) is 47.4 Å². The summed E-state index contributed by atoms with van der Waals surface area (Å²) in [6, 6.07) is 7.87. The standard InChI is InChI=1S/C25H22F4N8O5/c1-40-16-8-11(10-34-12-5-6-13(20(31)32)15(9-12)42-23(38)25(27,28)29)18(26)19(41-2)17(16)21-35-24(39)37(36-21)22-14(30)4-3-7-33-22/h3-9,34H,10,30H2,1-2H3,(H3,31,32)(H,35,36,39). The molecule has 220 valence electrons. The lowest BCUT2D eigenvalue weighted by atomic mass is 10.1. The number of rotatable bonds is 9. The van der Waals surface area contributed by atoms with Gasteiger partial charge in [0.25, 0.3) is 0 Å². The van der Waals surface area contributed by atoms with Crippen molar-refractivity contribution in [2.24, 2.45) is 5.73 Å². The van der Waals surface area contributed by atoms with Crippen LogP contribution < -0.4 is 36.7 Å². The number of pyridine rings is 1. The second kappa shape index (κ2) is 11.5. The molecule has 13 nitrogen and oxygen atoms in total. The normalized spacial score (nSPS) is 11.2. The Balaban J connectivity index is 1.69. The van der Waals surface area contributed by atoms with Crippen molar-refractivity contribution in [3.05, 3.63) is 70.0 Å². The van der Waals surface area contributed by atoms with Crippen LogP contribution in [-0.2, 0) is 11.3 Å². The minimum atomic E-state index is -5.29. The summed E-state index contributed by atoms with van der Waals surface area (Å²) < 4.78 is 69.8. The number of nitrogens with two attached hydrogens (primary N) is 2. The van der Waals surface area contributed by atoms with Gasteiger partial charge in [0.1, 0.15) is 22.9 Å². The molecule has 7 N–H and O–H groups in total. The summed E-state index contributed by atoms with van der Waals surface area (Å²) in [5, 5.41) is 14.5. The van der Waals surface area contributed by atoms with Crippen molar-refractivity contribution in [1.82, 2.24) is 19.7 Å². The van der Waals surface area contributed by atoms with Crippen molar-refractivity contribution in [2.45, 2.75) is 12.7 Å². The van der Waals surface area contributed by atoms with E-state index in [0.29, 0.717) is 0 Å². The summed E-state index contributed by atoms with van der Waals surface area (Å²) in [6.45, 7) is -0.264. The molecule has 42 heavy (non-hydrogen) atoms. The topological polar surface area (TPSA) is 196 Å². The summed E-state index contributed by atoms with van der Waals surface area (Å²) >= 11 is 0. The fourth-order valence-corrected chi connectivity index (χ4v) is 3.83. The zero-order valence-corrected chi connectivity index (χ0v) is 21.8. The molecule has 0 aliphatic rings. The van der Waals surface area contributed by atoms with E-state index in [4.69, 9.17) is 26.4 Å². The molecule has 0 amide bonds. The Kier molecular flexibility index (Phi) is 8.03. The van der Waals surface area contributed by atoms with Gasteiger partial charge in [0.05, 0.1) is 25.5 Å². The highest BCUT2D eigenvalue weighted by Crippen LogP contribution is 2.40. The molecule has 2 aromatic heterocycles. The van der Waals surface area contributed by atoms with E-state index in [2.05, 4.69) is 25.1 Å². The molecule has 4 rings (SSSR count). The Hall–Kier alpha value is -5.61. The van der Waals surface area contributed by atoms with Gasteiger partial charge in [-0.25, -0.2) is 19.0 Å². The molecule has 0 saturated carbocycles. The van der Waals surface area contributed by atoms with Crippen molar-refractivity contribution in [1.29, 1.82) is 5.41 Å². The monoisotopic (exact) mass is 590 g/mol. The first kappa shape index (κ1) is 29.4. The Morgan fingerprint density at radius 3 is 2.52 bits per heavy atom. The molecule has 0 aliphatic heterocycles. The largest absolute Gasteiger partial charge is 0.496 e. The van der Waals surface area contributed by atoms with E-state index in [0.717, 1.165) is 16.8 Å². The maximum absolute atomic E-state index is 15.7. The van der Waals surface area contributed by atoms with Crippen molar-refractivity contribution in [2.75, 3.05) is 25.3 Å². The summed E-state index contributed by atoms with van der Waals surface area (Å²) in [6.07, 6.45) is -3.88. The maximum Gasteiger partial charge on any atom is 0.491 e. The molecule has 0 radical (unpaired) electrons. The molecule has 0 atom stereocenters. The number of ether oxygens (including phenoxy) is 3. The molecule has 0 saturated heterocycles. The third-order valence-corrected chi connectivity index (χ3v) is 5.74. The smallest absolute Gasteiger partial charge is 0.491 e. The predicted octanol–water partition coefficient (Wildman–Crippen LogP) is 2.72. The lowest BCUT2D eigenvalue weighted by molar-refractivity contribution is -0.189. The summed E-state index contributed by atoms with van der Waals surface area (Å²) in [5.74, 6) is -5.03. The number of esters is 1. The number of carbonyl (C=O) groups is 1. The quantitative estimate of drug-likeness (QED) is 0.0636. The molecule has 17 heteroatoms. The van der Waals surface area contributed by atoms with Gasteiger partial charge in [0.2, 0.25) is 0 Å². The van der Waals surface area contributed by atoms with E-state index in [-0.39, 0.29) is 57.8 Å². The first-order chi connectivity index (χ1) is 19.8. The minimum Gasteiger partial charge on any atom is -0.496 e. The summed E-state index contributed by atoms with van der Waals surface area (Å²) in [5.41, 5.74) is 10.5. The third-order valence-electron chi connectivity index (χ3n) is 5.74. The predicted molar refractivity (Wildman–Crippen MR) is 141 cm³/mol. The maximum atomic E-state index is 15.7. The van der Waals surface area contributed by atoms with Gasteiger partial charge < -0.3 is 31.0 Å². The number of benzene rings is 2. The fraction of sp³-hybridized carbons (Fsp3) is 0.160. The SMILES string of the molecule is COc1cc(CNc2ccc(C(=N)N)c(OC(=O)C(F)(F)F)c2)c(F)c(OC)c1-c1nn(-c2ncccc2N)c(=O)[nH]1. The molecular weight excluding hydrogens is 568 g/mol. The molecule has 2 aromatic carbocycles. The molecular formula is C25H22F4N8O5. The van der Waals surface area contributed by atoms with Gasteiger partial charge in [0.15, 0.2) is 23.2 Å². The molecule has 0 spiro atoms. The number of carbonyl (C=O) groups excluding carboxylic acids is 1. The highest BCUT2D eigenvalue weighted by molar-refractivity contribution is 5.99. The van der Waals surface area contributed by atoms with E-state index in [9.17, 15) is 22.8 Å². The number of nitrogens with zero attached hydrogens (tertiary/aromatic N) is 3. The minimum absolute atomic E-state index is 0.0207. The highest BCUT2D eigenvalue weighted by atomic mass is 19.4. The van der Waals surface area contributed by atoms with Gasteiger partial charge in [-0.15, -0.1) is 5.10 Å². The molecule has 4 aromatic rings. The van der Waals surface area contributed by atoms with Gasteiger partial charge in [-0.1, -0.05) is 0 Å². The Morgan fingerprint density at radius 2 is 1.90 bits per heavy atom. The third kappa shape index (κ3) is 5.79. The molecule has 0 aliphatic carbocycles. The molecule has 2 heterocycles. The van der Waals surface area contributed by atoms with Crippen LogP contribution in [0.3, 0.4) is 0 Å². The number of methoxy groups -OCH3 is 2. The summed E-state index contributed by atoms with van der Waals surface area (Å²) in [4.78, 5) is 30.5. The number of aromatic nitrogens is 4. The van der Waals surface area contributed by atoms with Crippen LogP contribution in [0.2, 0.25) is 0 Å². The van der Waals surface area contributed by atoms with Crippen LogP contribution in [0.5, 0.6) is 17.2 Å². The number of nitrogen functional groups attached to an aromatic ring is 2. The van der Waals surface area contributed by atoms with Crippen LogP contribution in [0.4, 0.5) is 28.9 Å². The Morgan fingerprint density at radius 1 is 1.17 bits per heavy atom. The van der Waals surface area contributed by atoms with Crippen LogP contribution in [0.1, 0.15) is 11.1 Å². The number of hydrogen-bond donors (Lipinski definition) is 5. The number of halogens is 4. The van der Waals surface area contributed by atoms with Crippen LogP contribution in [0.25, 0.3) is 17.2 Å². The van der Waals surface area contributed by atoms with Gasteiger partial charge >= 0.3 is 17.8 Å². The van der Waals surface area contributed by atoms with Crippen molar-refractivity contribution >= 4 is 23.2 Å². The van der Waals surface area contributed by atoms with Crippen LogP contribution >= 0.6 is 0 Å². The lowest BCUT2D eigenvalue weighted by Gasteiger charge is -2.17.